The maximum Gasteiger partial charge on any atom is 0.202 e. The monoisotopic (exact) mass is 88.0 g/mol. The van der Waals surface area contributed by atoms with Crippen molar-refractivity contribution in [3.63, 3.8) is 0 Å². The second kappa shape index (κ2) is 3.38. The van der Waals surface area contributed by atoms with E-state index in [9.17, 15) is 0 Å². The molecule has 0 N–H and O–H groups in total. The molecule has 0 radical (unpaired) electrons. The molecular weight excluding hydrogens is 88.1 g/mol. The van der Waals surface area contributed by atoms with Crippen molar-refractivity contribution in [2.75, 3.05) is 0 Å². The zero-order chi connectivity index (χ0) is 4.12. The van der Waals surface area contributed by atoms with E-state index in [-0.39, 0.29) is 0 Å². The summed E-state index contributed by atoms with van der Waals surface area (Å²) >= 11 is 0. The molecule has 0 unspecified atom stereocenters. The van der Waals surface area contributed by atoms with Gasteiger partial charge in [0.25, 0.3) is 0 Å². The lowest BCUT2D eigenvalue weighted by atomic mass is 11.8. The first kappa shape index (κ1) is 4.38. The maximum absolute atomic E-state index is 8.98. The molecule has 0 aromatic rings. The van der Waals surface area contributed by atoms with Crippen molar-refractivity contribution in [1.29, 1.82) is 0 Å². The summed E-state index contributed by atoms with van der Waals surface area (Å²) in [6.07, 6.45) is 0. The van der Waals surface area contributed by atoms with Crippen LogP contribution in [0.1, 0.15) is 0 Å². The van der Waals surface area contributed by atoms with E-state index < -0.39 is 0 Å². The van der Waals surface area contributed by atoms with Crippen molar-refractivity contribution in [3.05, 3.63) is 0 Å². The smallest absolute Gasteiger partial charge is 0.202 e. The number of rotatable bonds is 0. The van der Waals surface area contributed by atoms with Gasteiger partial charge >= 0.3 is 0 Å². The molecule has 0 bridgehead atoms. The molecule has 0 saturated carbocycles. The molecule has 0 aromatic carbocycles. The van der Waals surface area contributed by atoms with Gasteiger partial charge < -0.3 is 0 Å². The van der Waals surface area contributed by atoms with Gasteiger partial charge in [-0.15, -0.1) is 0 Å². The van der Waals surface area contributed by atoms with E-state index in [1.54, 1.807) is 0 Å². The van der Waals surface area contributed by atoms with Gasteiger partial charge in [0.1, 0.15) is 0 Å². The summed E-state index contributed by atoms with van der Waals surface area (Å²) in [6, 6.07) is 0. The van der Waals surface area contributed by atoms with Gasteiger partial charge in [-0.3, -0.25) is 0 Å². The van der Waals surface area contributed by atoms with Crippen LogP contribution in [0, 0.1) is 0 Å². The Labute approximate surface area is 32.0 Å². The highest BCUT2D eigenvalue weighted by Gasteiger charge is 1.31. The molecule has 0 spiro atoms. The van der Waals surface area contributed by atoms with Crippen molar-refractivity contribution < 1.29 is 9.59 Å². The van der Waals surface area contributed by atoms with E-state index in [1.165, 1.54) is 10.5 Å². The number of hydrogen-bond donors (Lipinski definition) is 0. The molecule has 0 saturated heterocycles. The molecule has 0 rings (SSSR count). The molecule has 0 aliphatic rings. The van der Waals surface area contributed by atoms with Crippen LogP contribution in [0.2, 0.25) is 0 Å². The first-order valence-corrected chi connectivity index (χ1v) is 1.63. The molecule has 3 heteroatoms. The molecule has 0 fully saturated rings. The highest BCUT2D eigenvalue weighted by atomic mass is 32.1. The van der Waals surface area contributed by atoms with E-state index in [2.05, 4.69) is 0 Å². The van der Waals surface area contributed by atoms with E-state index in [0.29, 0.717) is 10.9 Å². The van der Waals surface area contributed by atoms with Gasteiger partial charge in [-0.1, -0.05) is 0 Å². The van der Waals surface area contributed by atoms with Crippen LogP contribution in [-0.4, -0.2) is 10.5 Å². The van der Waals surface area contributed by atoms with Gasteiger partial charge in [0.05, 0.1) is 0 Å². The summed E-state index contributed by atoms with van der Waals surface area (Å²) in [5.41, 5.74) is 0. The molecule has 0 atom stereocenters. The molecule has 26 valence electrons. The minimum absolute atomic E-state index is 0.352. The third-order valence-electron chi connectivity index (χ3n) is 0.0833. The zero-order valence-electron chi connectivity index (χ0n) is 2.22. The standard InChI is InChI=1S/C2O2S/c3-1-5-2-4. The normalized spacial score (nSPS) is 4.00. The molecule has 0 amide bonds. The molecule has 2 nitrogen and oxygen atoms in total. The Morgan fingerprint density at radius 1 is 1.20 bits per heavy atom. The van der Waals surface area contributed by atoms with Crippen molar-refractivity contribution in [2.24, 2.45) is 0 Å². The topological polar surface area (TPSA) is 34.1 Å². The fraction of sp³-hybridized carbons (Fsp3) is 0. The quantitative estimate of drug-likeness (QED) is 0.386. The van der Waals surface area contributed by atoms with Crippen LogP contribution in [0.25, 0.3) is 0 Å². The predicted octanol–water partition coefficient (Wildman–Crippen LogP) is -0.146. The SMILES string of the molecule is O=C=S=C=O. The maximum atomic E-state index is 8.98. The van der Waals surface area contributed by atoms with Crippen molar-refractivity contribution in [1.82, 2.24) is 0 Å². The van der Waals surface area contributed by atoms with E-state index in [4.69, 9.17) is 9.59 Å². The average Bonchev–Trinajstić information content (AvgIpc) is 1.41. The second-order valence-electron chi connectivity index (χ2n) is 0.269. The first-order valence-electron chi connectivity index (χ1n) is 0.816. The molecule has 0 aliphatic heterocycles. The van der Waals surface area contributed by atoms with E-state index in [0.717, 1.165) is 0 Å². The minimum Gasteiger partial charge on any atom is -0.221 e. The third kappa shape index (κ3) is 3.38. The van der Waals surface area contributed by atoms with Crippen LogP contribution in [0.3, 0.4) is 0 Å². The van der Waals surface area contributed by atoms with E-state index in [1.807, 2.05) is 0 Å². The second-order valence-corrected chi connectivity index (χ2v) is 0.806. The van der Waals surface area contributed by atoms with Crippen molar-refractivity contribution >= 4 is 21.4 Å². The minimum atomic E-state index is 0.352. The van der Waals surface area contributed by atoms with Gasteiger partial charge in [-0.25, -0.2) is 9.59 Å². The van der Waals surface area contributed by atoms with Crippen LogP contribution < -0.4 is 0 Å². The third-order valence-corrected chi connectivity index (χ3v) is 0.250. The largest absolute Gasteiger partial charge is 0.221 e. The fourth-order valence-corrected chi connectivity index (χ4v) is 0.0510. The van der Waals surface area contributed by atoms with Crippen molar-refractivity contribution in [3.8, 4) is 0 Å². The van der Waals surface area contributed by atoms with Gasteiger partial charge in [0.2, 0.25) is 10.5 Å². The molecule has 0 heterocycles. The van der Waals surface area contributed by atoms with Crippen LogP contribution >= 0.6 is 10.9 Å². The summed E-state index contributed by atoms with van der Waals surface area (Å²) in [5, 5.41) is 2.52. The number of hydrogen-bond acceptors (Lipinski definition) is 2. The van der Waals surface area contributed by atoms with Gasteiger partial charge in [0, 0.05) is 10.9 Å². The van der Waals surface area contributed by atoms with Gasteiger partial charge in [-0.2, -0.15) is 0 Å². The Morgan fingerprint density at radius 2 is 1.60 bits per heavy atom. The fourth-order valence-electron chi connectivity index (χ4n) is 0.0170. The number of carbonyl (C=O) groups excluding carboxylic acids is 2. The first-order chi connectivity index (χ1) is 2.41. The lowest BCUT2D eigenvalue weighted by Gasteiger charge is -1.16. The van der Waals surface area contributed by atoms with Crippen LogP contribution in [0.4, 0.5) is 0 Å². The Kier molecular flexibility index (Phi) is 2.96. The van der Waals surface area contributed by atoms with Gasteiger partial charge in [0.15, 0.2) is 0 Å². The lowest BCUT2D eigenvalue weighted by molar-refractivity contribution is 0.571. The highest BCUT2D eigenvalue weighted by Crippen LogP contribution is 1.39. The molecular formula is C2O2S. The van der Waals surface area contributed by atoms with E-state index >= 15 is 0 Å². The van der Waals surface area contributed by atoms with Crippen LogP contribution in [-0.2, 0) is 9.59 Å². The Morgan fingerprint density at radius 3 is 1.60 bits per heavy atom. The summed E-state index contributed by atoms with van der Waals surface area (Å²) in [7, 11) is 0.352. The molecule has 0 aromatic heterocycles. The van der Waals surface area contributed by atoms with Crippen molar-refractivity contribution in [2.45, 2.75) is 0 Å². The predicted molar refractivity (Wildman–Crippen MR) is 19.0 cm³/mol. The summed E-state index contributed by atoms with van der Waals surface area (Å²) < 4.78 is 0. The molecule has 5 heavy (non-hydrogen) atoms. The summed E-state index contributed by atoms with van der Waals surface area (Å²) in [4.78, 5) is 18.0. The van der Waals surface area contributed by atoms with Crippen LogP contribution in [0.5, 0.6) is 0 Å². The lowest BCUT2D eigenvalue weighted by Crippen LogP contribution is -1.25. The Balaban J connectivity index is 4.38. The average molecular weight is 88.1 g/mol. The Hall–Kier alpha value is -0.620. The van der Waals surface area contributed by atoms with Gasteiger partial charge in [-0.05, 0) is 0 Å². The van der Waals surface area contributed by atoms with Crippen LogP contribution in [0.15, 0.2) is 0 Å². The molecule has 0 aliphatic carbocycles. The summed E-state index contributed by atoms with van der Waals surface area (Å²) in [6.45, 7) is 0. The Bertz CT molecular complexity index is 99.6. The highest BCUT2D eigenvalue weighted by molar-refractivity contribution is 7.94. The zero-order valence-corrected chi connectivity index (χ0v) is 3.04. The summed E-state index contributed by atoms with van der Waals surface area (Å²) in [5.74, 6) is 0.